The Balaban J connectivity index is 1.71. The van der Waals surface area contributed by atoms with E-state index in [-0.39, 0.29) is 22.7 Å². The lowest BCUT2D eigenvalue weighted by Gasteiger charge is -2.07. The van der Waals surface area contributed by atoms with E-state index < -0.39 is 11.5 Å². The van der Waals surface area contributed by atoms with Crippen molar-refractivity contribution in [2.45, 2.75) is 13.8 Å². The molecular weight excluding hydrogens is 444 g/mol. The molecule has 0 spiro atoms. The number of halogens is 1. The molecule has 3 aromatic carbocycles. The maximum absolute atomic E-state index is 12.9. The number of benzene rings is 3. The summed E-state index contributed by atoms with van der Waals surface area (Å²) in [7, 11) is 0. The van der Waals surface area contributed by atoms with E-state index in [9.17, 15) is 19.8 Å². The summed E-state index contributed by atoms with van der Waals surface area (Å²) in [6.07, 6.45) is 0. The van der Waals surface area contributed by atoms with Crippen LogP contribution in [0.4, 0.5) is 11.4 Å². The highest BCUT2D eigenvalue weighted by molar-refractivity contribution is 6.31. The lowest BCUT2D eigenvalue weighted by Crippen LogP contribution is -2.14. The Morgan fingerprint density at radius 1 is 1.03 bits per heavy atom. The van der Waals surface area contributed by atoms with Gasteiger partial charge >= 0.3 is 5.97 Å². The third-order valence-electron chi connectivity index (χ3n) is 5.15. The fraction of sp³-hybridized carbons (Fsp3) is 0.0833. The smallest absolute Gasteiger partial charge is 0.335 e. The lowest BCUT2D eigenvalue weighted by atomic mass is 10.0. The number of hydrogen-bond donors (Lipinski definition) is 3. The van der Waals surface area contributed by atoms with Crippen LogP contribution < -0.4 is 5.56 Å². The van der Waals surface area contributed by atoms with Crippen molar-refractivity contribution in [3.63, 3.8) is 0 Å². The quantitative estimate of drug-likeness (QED) is 0.318. The van der Waals surface area contributed by atoms with Gasteiger partial charge in [-0.25, -0.2) is 9.48 Å². The normalized spacial score (nSPS) is 11.2. The van der Waals surface area contributed by atoms with Crippen molar-refractivity contribution in [1.29, 1.82) is 0 Å². The summed E-state index contributed by atoms with van der Waals surface area (Å²) in [5.74, 6) is -1.25. The first-order valence-corrected chi connectivity index (χ1v) is 10.3. The van der Waals surface area contributed by atoms with Crippen molar-refractivity contribution in [3.8, 4) is 22.6 Å². The number of rotatable bonds is 5. The number of azo groups is 1. The number of nitrogens with zero attached hydrogens (tertiary/aromatic N) is 3. The van der Waals surface area contributed by atoms with Crippen LogP contribution >= 0.6 is 11.6 Å². The SMILES string of the molecule is Cc1ccc(-n2[nH]c(C)c(N=Nc3cccc(-c4cccc(C(=O)O)c4)c3O)c2=O)cc1Cl. The molecule has 0 saturated heterocycles. The van der Waals surface area contributed by atoms with Crippen molar-refractivity contribution >= 4 is 28.9 Å². The van der Waals surface area contributed by atoms with Crippen molar-refractivity contribution in [1.82, 2.24) is 9.78 Å². The minimum atomic E-state index is -1.07. The molecule has 4 aromatic rings. The number of carbonyl (C=O) groups is 1. The number of aromatic hydroxyl groups is 1. The first kappa shape index (κ1) is 22.0. The molecule has 0 aliphatic carbocycles. The molecule has 4 rings (SSSR count). The predicted molar refractivity (Wildman–Crippen MR) is 126 cm³/mol. The van der Waals surface area contributed by atoms with Gasteiger partial charge in [0.25, 0.3) is 5.56 Å². The molecule has 0 saturated carbocycles. The van der Waals surface area contributed by atoms with Crippen molar-refractivity contribution in [3.05, 3.63) is 92.9 Å². The largest absolute Gasteiger partial charge is 0.505 e. The second kappa shape index (κ2) is 8.76. The molecule has 0 unspecified atom stereocenters. The number of carboxylic acids is 1. The van der Waals surface area contributed by atoms with E-state index in [1.165, 1.54) is 16.8 Å². The number of para-hydroxylation sites is 1. The average Bonchev–Trinajstić information content (AvgIpc) is 3.08. The molecule has 1 aromatic heterocycles. The van der Waals surface area contributed by atoms with E-state index >= 15 is 0 Å². The summed E-state index contributed by atoms with van der Waals surface area (Å²) >= 11 is 6.18. The fourth-order valence-corrected chi connectivity index (χ4v) is 3.50. The zero-order valence-electron chi connectivity index (χ0n) is 17.7. The Morgan fingerprint density at radius 3 is 2.52 bits per heavy atom. The van der Waals surface area contributed by atoms with Crippen LogP contribution in [-0.2, 0) is 0 Å². The number of phenols is 1. The third kappa shape index (κ3) is 4.28. The van der Waals surface area contributed by atoms with Gasteiger partial charge in [-0.15, -0.1) is 10.2 Å². The maximum atomic E-state index is 12.9. The number of H-pyrrole nitrogens is 1. The third-order valence-corrected chi connectivity index (χ3v) is 5.55. The van der Waals surface area contributed by atoms with Crippen LogP contribution in [0.2, 0.25) is 5.02 Å². The van der Waals surface area contributed by atoms with Crippen LogP contribution in [0.15, 0.2) is 75.7 Å². The summed E-state index contributed by atoms with van der Waals surface area (Å²) in [4.78, 5) is 24.2. The molecule has 3 N–H and O–H groups in total. The number of nitrogens with one attached hydrogen (secondary N) is 1. The minimum Gasteiger partial charge on any atom is -0.505 e. The lowest BCUT2D eigenvalue weighted by molar-refractivity contribution is 0.0697. The number of aromatic nitrogens is 2. The standard InChI is InChI=1S/C24H19ClN4O4/c1-13-9-10-17(12-19(13)25)29-23(31)21(14(2)28-29)27-26-20-8-4-7-18(22(20)30)15-5-3-6-16(11-15)24(32)33/h3-12,28,30H,1-2H3,(H,32,33). The molecule has 1 heterocycles. The Labute approximate surface area is 193 Å². The van der Waals surface area contributed by atoms with Gasteiger partial charge in [-0.2, -0.15) is 0 Å². The fourth-order valence-electron chi connectivity index (χ4n) is 3.33. The van der Waals surface area contributed by atoms with E-state index in [0.717, 1.165) is 5.56 Å². The second-order valence-corrected chi connectivity index (χ2v) is 7.83. The second-order valence-electron chi connectivity index (χ2n) is 7.42. The molecular formula is C24H19ClN4O4. The number of aromatic amines is 1. The number of aromatic carboxylic acids is 1. The molecule has 0 atom stereocenters. The molecule has 0 aliphatic heterocycles. The number of aryl methyl sites for hydroxylation is 2. The van der Waals surface area contributed by atoms with Gasteiger partial charge in [0, 0.05) is 10.6 Å². The van der Waals surface area contributed by atoms with E-state index in [2.05, 4.69) is 15.3 Å². The van der Waals surface area contributed by atoms with Gasteiger partial charge in [0.1, 0.15) is 5.69 Å². The van der Waals surface area contributed by atoms with E-state index in [4.69, 9.17) is 11.6 Å². The zero-order valence-corrected chi connectivity index (χ0v) is 18.5. The monoisotopic (exact) mass is 462 g/mol. The van der Waals surface area contributed by atoms with Crippen LogP contribution in [0.25, 0.3) is 16.8 Å². The zero-order chi connectivity index (χ0) is 23.7. The van der Waals surface area contributed by atoms with Gasteiger partial charge in [0.2, 0.25) is 0 Å². The molecule has 0 radical (unpaired) electrons. The van der Waals surface area contributed by atoms with Gasteiger partial charge in [-0.3, -0.25) is 9.89 Å². The number of carboxylic acid groups (broad SMARTS) is 1. The van der Waals surface area contributed by atoms with E-state index in [1.54, 1.807) is 49.4 Å². The molecule has 9 heteroatoms. The topological polar surface area (TPSA) is 120 Å². The van der Waals surface area contributed by atoms with Crippen LogP contribution in [0.5, 0.6) is 5.75 Å². The van der Waals surface area contributed by atoms with Crippen molar-refractivity contribution in [2.24, 2.45) is 10.2 Å². The summed E-state index contributed by atoms with van der Waals surface area (Å²) in [5, 5.41) is 31.6. The average molecular weight is 463 g/mol. The van der Waals surface area contributed by atoms with Crippen molar-refractivity contribution < 1.29 is 15.0 Å². The molecule has 0 bridgehead atoms. The van der Waals surface area contributed by atoms with Crippen LogP contribution in [0, 0.1) is 13.8 Å². The molecule has 0 aliphatic rings. The van der Waals surface area contributed by atoms with Crippen molar-refractivity contribution in [2.75, 3.05) is 0 Å². The Bertz CT molecular complexity index is 1470. The minimum absolute atomic E-state index is 0.0874. The molecule has 166 valence electrons. The highest BCUT2D eigenvalue weighted by Crippen LogP contribution is 2.38. The summed E-state index contributed by atoms with van der Waals surface area (Å²) in [6.45, 7) is 3.56. The number of hydrogen-bond acceptors (Lipinski definition) is 5. The Morgan fingerprint density at radius 2 is 1.79 bits per heavy atom. The van der Waals surface area contributed by atoms with Gasteiger partial charge in [-0.1, -0.05) is 41.9 Å². The predicted octanol–water partition coefficient (Wildman–Crippen LogP) is 5.92. The van der Waals surface area contributed by atoms with Crippen LogP contribution in [-0.4, -0.2) is 26.0 Å². The van der Waals surface area contributed by atoms with Gasteiger partial charge in [0.15, 0.2) is 11.4 Å². The van der Waals surface area contributed by atoms with E-state index in [0.29, 0.717) is 27.5 Å². The summed E-state index contributed by atoms with van der Waals surface area (Å²) < 4.78 is 1.32. The highest BCUT2D eigenvalue weighted by Gasteiger charge is 2.15. The van der Waals surface area contributed by atoms with Gasteiger partial charge < -0.3 is 10.2 Å². The first-order chi connectivity index (χ1) is 15.8. The van der Waals surface area contributed by atoms with Crippen LogP contribution in [0.1, 0.15) is 21.6 Å². The highest BCUT2D eigenvalue weighted by atomic mass is 35.5. The van der Waals surface area contributed by atoms with Gasteiger partial charge in [0.05, 0.1) is 16.9 Å². The summed E-state index contributed by atoms with van der Waals surface area (Å²) in [5.41, 5.74) is 2.75. The first-order valence-electron chi connectivity index (χ1n) is 9.92. The van der Waals surface area contributed by atoms with Gasteiger partial charge in [-0.05, 0) is 55.3 Å². The molecule has 0 fully saturated rings. The Kier molecular flexibility index (Phi) is 5.85. The summed E-state index contributed by atoms with van der Waals surface area (Å²) in [6, 6.07) is 16.3. The molecule has 8 nitrogen and oxygen atoms in total. The van der Waals surface area contributed by atoms with E-state index in [1.807, 2.05) is 13.0 Å². The Hall–Kier alpha value is -4.17. The number of phenolic OH excluding ortho intramolecular Hbond substituents is 1. The maximum Gasteiger partial charge on any atom is 0.335 e. The molecule has 0 amide bonds. The van der Waals surface area contributed by atoms with Crippen LogP contribution in [0.3, 0.4) is 0 Å². The molecule has 33 heavy (non-hydrogen) atoms.